The van der Waals surface area contributed by atoms with Crippen LogP contribution in [0.3, 0.4) is 0 Å². The van der Waals surface area contributed by atoms with Gasteiger partial charge in [0.15, 0.2) is 0 Å². The molecule has 1 aliphatic rings. The number of ether oxygens (including phenoxy) is 4. The Balaban J connectivity index is 2.17. The lowest BCUT2D eigenvalue weighted by atomic mass is 9.95. The Morgan fingerprint density at radius 1 is 0.868 bits per heavy atom. The number of hydrogen-bond acceptors (Lipinski definition) is 9. The van der Waals surface area contributed by atoms with E-state index in [1.807, 2.05) is 6.92 Å². The van der Waals surface area contributed by atoms with Gasteiger partial charge in [-0.25, -0.2) is 21.1 Å². The lowest BCUT2D eigenvalue weighted by Gasteiger charge is -2.48. The van der Waals surface area contributed by atoms with Crippen molar-refractivity contribution in [1.82, 2.24) is 9.03 Å². The zero-order valence-corrected chi connectivity index (χ0v) is 23.8. The summed E-state index contributed by atoms with van der Waals surface area (Å²) in [7, 11) is -4.57. The minimum Gasteiger partial charge on any atom is -0.382 e. The fourth-order valence-corrected chi connectivity index (χ4v) is 7.17. The van der Waals surface area contributed by atoms with Gasteiger partial charge in [0.1, 0.15) is 30.6 Å². The van der Waals surface area contributed by atoms with Gasteiger partial charge < -0.3 is 18.9 Å². The lowest BCUT2D eigenvalue weighted by Crippen LogP contribution is -2.70. The highest BCUT2D eigenvalue weighted by atomic mass is 32.2. The van der Waals surface area contributed by atoms with Crippen LogP contribution in [0.1, 0.15) is 18.1 Å². The van der Waals surface area contributed by atoms with E-state index < -0.39 is 56.5 Å². The van der Waals surface area contributed by atoms with Crippen molar-refractivity contribution in [1.29, 1.82) is 0 Å². The lowest BCUT2D eigenvalue weighted by molar-refractivity contribution is -0.224. The second kappa shape index (κ2) is 12.2. The van der Waals surface area contributed by atoms with Gasteiger partial charge in [0, 0.05) is 28.3 Å². The summed E-state index contributed by atoms with van der Waals surface area (Å²) >= 11 is 0. The van der Waals surface area contributed by atoms with Crippen LogP contribution in [0.4, 0.5) is 0 Å². The second-order valence-electron chi connectivity index (χ2n) is 9.01. The third kappa shape index (κ3) is 6.25. The van der Waals surface area contributed by atoms with Crippen LogP contribution >= 0.6 is 0 Å². The average molecular weight is 571 g/mol. The van der Waals surface area contributed by atoms with Crippen LogP contribution in [-0.4, -0.2) is 85.6 Å². The van der Waals surface area contributed by atoms with Gasteiger partial charge in [0.2, 0.25) is 15.9 Å². The second-order valence-corrected chi connectivity index (χ2v) is 12.5. The Labute approximate surface area is 224 Å². The number of rotatable bonds is 10. The van der Waals surface area contributed by atoms with Crippen molar-refractivity contribution in [3.8, 4) is 0 Å². The highest BCUT2D eigenvalue weighted by Crippen LogP contribution is 2.32. The van der Waals surface area contributed by atoms with Crippen molar-refractivity contribution >= 4 is 26.0 Å². The van der Waals surface area contributed by atoms with Crippen LogP contribution in [-0.2, 0) is 43.8 Å². The standard InChI is InChI=1S/C25H34N2O9S2/c1-16-7-11-19(12-8-16)37(29,30)26-25-22(24(35-6)23(34-5)21(36-25)15-33-4)27(18(3)28)38(31,32)20-13-9-17(2)10-14-20/h7-14,21-26H,15H2,1-6H3/t21-,22-,23-,24-,25-/m1/s1. The number of sulfonamides is 2. The summed E-state index contributed by atoms with van der Waals surface area (Å²) in [6.07, 6.45) is -4.42. The zero-order chi connectivity index (χ0) is 28.3. The number of benzene rings is 2. The molecule has 0 saturated carbocycles. The predicted molar refractivity (Wildman–Crippen MR) is 138 cm³/mol. The largest absolute Gasteiger partial charge is 0.382 e. The molecule has 11 nitrogen and oxygen atoms in total. The first-order valence-electron chi connectivity index (χ1n) is 11.8. The molecule has 38 heavy (non-hydrogen) atoms. The number of hydrogen-bond donors (Lipinski definition) is 1. The number of nitrogens with zero attached hydrogens (tertiary/aromatic N) is 1. The Morgan fingerprint density at radius 3 is 1.82 bits per heavy atom. The topological polar surface area (TPSA) is 138 Å². The first kappa shape index (κ1) is 30.2. The van der Waals surface area contributed by atoms with E-state index in [1.165, 1.54) is 45.6 Å². The molecule has 1 aliphatic heterocycles. The number of nitrogens with one attached hydrogen (secondary N) is 1. The molecule has 1 heterocycles. The minimum atomic E-state index is -4.48. The molecular formula is C25H34N2O9S2. The van der Waals surface area contributed by atoms with Gasteiger partial charge >= 0.3 is 0 Å². The summed E-state index contributed by atoms with van der Waals surface area (Å²) in [4.78, 5) is 12.8. The molecule has 1 fully saturated rings. The summed E-state index contributed by atoms with van der Waals surface area (Å²) in [5.74, 6) is -0.860. The number of carbonyl (C=O) groups excluding carboxylic acids is 1. The van der Waals surface area contributed by atoms with E-state index in [-0.39, 0.29) is 16.4 Å². The monoisotopic (exact) mass is 570 g/mol. The van der Waals surface area contributed by atoms with Crippen LogP contribution in [0, 0.1) is 13.8 Å². The Bertz CT molecular complexity index is 1310. The van der Waals surface area contributed by atoms with Gasteiger partial charge in [-0.3, -0.25) is 4.79 Å². The molecular weight excluding hydrogens is 536 g/mol. The molecule has 3 rings (SSSR count). The number of aryl methyl sites for hydroxylation is 2. The molecule has 0 unspecified atom stereocenters. The van der Waals surface area contributed by atoms with Crippen molar-refractivity contribution in [2.45, 2.75) is 61.1 Å². The van der Waals surface area contributed by atoms with Gasteiger partial charge in [-0.2, -0.15) is 4.72 Å². The van der Waals surface area contributed by atoms with Gasteiger partial charge in [-0.1, -0.05) is 35.4 Å². The van der Waals surface area contributed by atoms with E-state index in [9.17, 15) is 21.6 Å². The molecule has 1 amide bonds. The fourth-order valence-electron chi connectivity index (χ4n) is 4.44. The van der Waals surface area contributed by atoms with Crippen molar-refractivity contribution in [3.63, 3.8) is 0 Å². The molecule has 2 aromatic rings. The van der Waals surface area contributed by atoms with Gasteiger partial charge in [-0.15, -0.1) is 0 Å². The molecule has 0 aromatic heterocycles. The summed E-state index contributed by atoms with van der Waals surface area (Å²) < 4.78 is 80.0. The first-order valence-corrected chi connectivity index (χ1v) is 14.7. The molecule has 1 N–H and O–H groups in total. The zero-order valence-electron chi connectivity index (χ0n) is 22.2. The van der Waals surface area contributed by atoms with E-state index in [4.69, 9.17) is 18.9 Å². The maximum Gasteiger partial charge on any atom is 0.266 e. The summed E-state index contributed by atoms with van der Waals surface area (Å²) in [5.41, 5.74) is 1.67. The van der Waals surface area contributed by atoms with Crippen LogP contribution in [0.5, 0.6) is 0 Å². The molecule has 0 aliphatic carbocycles. The Kier molecular flexibility index (Phi) is 9.68. The van der Waals surface area contributed by atoms with Gasteiger partial charge in [0.25, 0.3) is 10.0 Å². The number of amides is 1. The predicted octanol–water partition coefficient (Wildman–Crippen LogP) is 1.59. The van der Waals surface area contributed by atoms with E-state index in [2.05, 4.69) is 4.72 Å². The molecule has 1 saturated heterocycles. The third-order valence-electron chi connectivity index (χ3n) is 6.30. The van der Waals surface area contributed by atoms with Crippen LogP contribution < -0.4 is 4.72 Å². The van der Waals surface area contributed by atoms with Gasteiger partial charge in [-0.05, 0) is 38.1 Å². The van der Waals surface area contributed by atoms with Crippen LogP contribution in [0.25, 0.3) is 0 Å². The Morgan fingerprint density at radius 2 is 1.37 bits per heavy atom. The third-order valence-corrected chi connectivity index (χ3v) is 9.62. The number of methoxy groups -OCH3 is 3. The van der Waals surface area contributed by atoms with Crippen molar-refractivity contribution in [2.24, 2.45) is 0 Å². The smallest absolute Gasteiger partial charge is 0.266 e. The van der Waals surface area contributed by atoms with Gasteiger partial charge in [0.05, 0.1) is 16.4 Å². The SMILES string of the molecule is COC[C@H]1O[C@@H](NS(=O)(=O)c2ccc(C)cc2)[C@H](N(C(C)=O)S(=O)(=O)c2ccc(C)cc2)[C@@H](OC)[C@@H]1OC. The summed E-state index contributed by atoms with van der Waals surface area (Å²) in [5, 5.41) is 0. The molecule has 0 bridgehead atoms. The molecule has 0 spiro atoms. The molecule has 5 atom stereocenters. The summed E-state index contributed by atoms with van der Waals surface area (Å²) in [6, 6.07) is 10.6. The molecule has 2 aromatic carbocycles. The highest BCUT2D eigenvalue weighted by molar-refractivity contribution is 7.90. The quantitative estimate of drug-likeness (QED) is 0.451. The normalized spacial score (nSPS) is 24.2. The average Bonchev–Trinajstić information content (AvgIpc) is 2.85. The fraction of sp³-hybridized carbons (Fsp3) is 0.480. The molecule has 210 valence electrons. The van der Waals surface area contributed by atoms with Crippen LogP contribution in [0.15, 0.2) is 58.3 Å². The van der Waals surface area contributed by atoms with E-state index in [1.54, 1.807) is 31.2 Å². The van der Waals surface area contributed by atoms with E-state index in [0.29, 0.717) is 4.31 Å². The first-order chi connectivity index (χ1) is 17.9. The summed E-state index contributed by atoms with van der Waals surface area (Å²) in [6.45, 7) is 4.67. The van der Waals surface area contributed by atoms with E-state index >= 15 is 0 Å². The molecule has 0 radical (unpaired) electrons. The minimum absolute atomic E-state index is 0.0152. The van der Waals surface area contributed by atoms with Crippen molar-refractivity contribution < 1.29 is 40.6 Å². The van der Waals surface area contributed by atoms with E-state index in [0.717, 1.165) is 18.1 Å². The highest BCUT2D eigenvalue weighted by Gasteiger charge is 2.54. The molecule has 13 heteroatoms. The Hall–Kier alpha value is -2.39. The van der Waals surface area contributed by atoms with Crippen molar-refractivity contribution in [3.05, 3.63) is 59.7 Å². The maximum absolute atomic E-state index is 13.8. The van der Waals surface area contributed by atoms with Crippen LogP contribution in [0.2, 0.25) is 0 Å². The maximum atomic E-state index is 13.8. The number of carbonyl (C=O) groups is 1. The van der Waals surface area contributed by atoms with Crippen molar-refractivity contribution in [2.75, 3.05) is 27.9 Å².